The predicted octanol–water partition coefficient (Wildman–Crippen LogP) is 3.07. The molecule has 2 aromatic heterocycles. The van der Waals surface area contributed by atoms with E-state index in [0.29, 0.717) is 24.1 Å². The molecule has 6 heteroatoms. The minimum absolute atomic E-state index is 0.0863. The van der Waals surface area contributed by atoms with Gasteiger partial charge in [0, 0.05) is 31.7 Å². The third kappa shape index (κ3) is 2.99. The summed E-state index contributed by atoms with van der Waals surface area (Å²) < 4.78 is 2.06. The lowest BCUT2D eigenvalue weighted by molar-refractivity contribution is -0.136. The van der Waals surface area contributed by atoms with E-state index in [4.69, 9.17) is 4.98 Å². The SMILES string of the molecule is CC1CCN(C(=O)C2CCCN2C(=O)c2nc(C3CC3)n3ccccc23)CC1. The number of hydrogen-bond donors (Lipinski definition) is 0. The Morgan fingerprint density at radius 1 is 1.04 bits per heavy atom. The minimum Gasteiger partial charge on any atom is -0.341 e. The molecule has 0 aromatic carbocycles. The summed E-state index contributed by atoms with van der Waals surface area (Å²) in [5.41, 5.74) is 1.37. The molecule has 2 aliphatic heterocycles. The molecule has 1 atom stereocenters. The first-order valence-electron chi connectivity index (χ1n) is 10.7. The van der Waals surface area contributed by atoms with Crippen molar-refractivity contribution in [2.45, 2.75) is 57.4 Å². The average molecular weight is 380 g/mol. The maximum Gasteiger partial charge on any atom is 0.275 e. The quantitative estimate of drug-likeness (QED) is 0.822. The van der Waals surface area contributed by atoms with Crippen molar-refractivity contribution in [3.63, 3.8) is 0 Å². The van der Waals surface area contributed by atoms with Crippen LogP contribution in [0.1, 0.15) is 67.7 Å². The number of nitrogens with zero attached hydrogens (tertiary/aromatic N) is 4. The second-order valence-electron chi connectivity index (χ2n) is 8.71. The first-order valence-corrected chi connectivity index (χ1v) is 10.7. The monoisotopic (exact) mass is 380 g/mol. The Hall–Kier alpha value is -2.37. The molecule has 2 aromatic rings. The van der Waals surface area contributed by atoms with E-state index in [1.807, 2.05) is 29.3 Å². The van der Waals surface area contributed by atoms with Gasteiger partial charge in [-0.15, -0.1) is 0 Å². The Kier molecular flexibility index (Phi) is 4.37. The predicted molar refractivity (Wildman–Crippen MR) is 106 cm³/mol. The van der Waals surface area contributed by atoms with E-state index < -0.39 is 0 Å². The van der Waals surface area contributed by atoms with Crippen molar-refractivity contribution < 1.29 is 9.59 Å². The van der Waals surface area contributed by atoms with Crippen molar-refractivity contribution in [1.82, 2.24) is 19.2 Å². The number of aromatic nitrogens is 2. The van der Waals surface area contributed by atoms with Crippen LogP contribution in [0.5, 0.6) is 0 Å². The average Bonchev–Trinajstić information content (AvgIpc) is 3.31. The van der Waals surface area contributed by atoms with E-state index in [1.54, 1.807) is 4.90 Å². The number of carbonyl (C=O) groups is 2. The number of rotatable bonds is 3. The molecule has 148 valence electrons. The maximum atomic E-state index is 13.4. The van der Waals surface area contributed by atoms with E-state index in [9.17, 15) is 9.59 Å². The van der Waals surface area contributed by atoms with E-state index in [0.717, 1.165) is 63.0 Å². The smallest absolute Gasteiger partial charge is 0.275 e. The molecule has 4 heterocycles. The molecule has 0 N–H and O–H groups in total. The first kappa shape index (κ1) is 17.7. The number of amides is 2. The van der Waals surface area contributed by atoms with Crippen LogP contribution >= 0.6 is 0 Å². The van der Waals surface area contributed by atoms with Crippen molar-refractivity contribution in [3.05, 3.63) is 35.9 Å². The largest absolute Gasteiger partial charge is 0.341 e. The van der Waals surface area contributed by atoms with E-state index >= 15 is 0 Å². The number of pyridine rings is 1. The highest BCUT2D eigenvalue weighted by molar-refractivity contribution is 6.01. The normalized spacial score (nSPS) is 23.5. The van der Waals surface area contributed by atoms with E-state index in [1.165, 1.54) is 0 Å². The molecule has 1 saturated carbocycles. The van der Waals surface area contributed by atoms with Gasteiger partial charge in [0.1, 0.15) is 11.9 Å². The van der Waals surface area contributed by atoms with Gasteiger partial charge in [0.15, 0.2) is 5.69 Å². The highest BCUT2D eigenvalue weighted by atomic mass is 16.2. The molecule has 28 heavy (non-hydrogen) atoms. The van der Waals surface area contributed by atoms with Crippen LogP contribution in [0.25, 0.3) is 5.52 Å². The number of imidazole rings is 1. The van der Waals surface area contributed by atoms with Crippen LogP contribution in [0.3, 0.4) is 0 Å². The second-order valence-corrected chi connectivity index (χ2v) is 8.71. The van der Waals surface area contributed by atoms with Crippen LogP contribution < -0.4 is 0 Å². The van der Waals surface area contributed by atoms with Gasteiger partial charge in [-0.3, -0.25) is 9.59 Å². The standard InChI is InChI=1S/C22H28N4O2/c1-15-9-13-24(14-10-15)21(27)18-6-4-12-26(18)22(28)19-17-5-2-3-11-25(17)20(23-19)16-7-8-16/h2-3,5,11,15-16,18H,4,6-10,12-14H2,1H3. The fourth-order valence-electron chi connectivity index (χ4n) is 4.69. The number of piperidine rings is 1. The van der Waals surface area contributed by atoms with Crippen LogP contribution in [0.15, 0.2) is 24.4 Å². The second kappa shape index (κ2) is 6.90. The lowest BCUT2D eigenvalue weighted by atomic mass is 9.98. The molecule has 5 rings (SSSR count). The molecule has 3 fully saturated rings. The number of likely N-dealkylation sites (tertiary alicyclic amines) is 2. The Labute approximate surface area is 165 Å². The lowest BCUT2D eigenvalue weighted by Crippen LogP contribution is -2.50. The van der Waals surface area contributed by atoms with Gasteiger partial charge in [-0.2, -0.15) is 0 Å². The summed E-state index contributed by atoms with van der Waals surface area (Å²) in [5, 5.41) is 0. The number of hydrogen-bond acceptors (Lipinski definition) is 3. The van der Waals surface area contributed by atoms with Gasteiger partial charge in [0.2, 0.25) is 5.91 Å². The summed E-state index contributed by atoms with van der Waals surface area (Å²) in [7, 11) is 0. The van der Waals surface area contributed by atoms with E-state index in [-0.39, 0.29) is 17.9 Å². The topological polar surface area (TPSA) is 57.9 Å². The Bertz CT molecular complexity index is 908. The zero-order chi connectivity index (χ0) is 19.3. The van der Waals surface area contributed by atoms with Gasteiger partial charge in [-0.25, -0.2) is 4.98 Å². The summed E-state index contributed by atoms with van der Waals surface area (Å²) in [6.07, 6.45) is 8.03. The third-order valence-electron chi connectivity index (χ3n) is 6.61. The fraction of sp³-hybridized carbons (Fsp3) is 0.591. The zero-order valence-electron chi connectivity index (χ0n) is 16.5. The summed E-state index contributed by atoms with van der Waals surface area (Å²) in [5.74, 6) is 2.18. The Balaban J connectivity index is 1.42. The molecule has 0 bridgehead atoms. The molecule has 2 amide bonds. The maximum absolute atomic E-state index is 13.4. The van der Waals surface area contributed by atoms with Crippen LogP contribution in [-0.2, 0) is 4.79 Å². The van der Waals surface area contributed by atoms with Crippen LogP contribution in [0, 0.1) is 5.92 Å². The third-order valence-corrected chi connectivity index (χ3v) is 6.61. The van der Waals surface area contributed by atoms with Crippen molar-refractivity contribution in [2.75, 3.05) is 19.6 Å². The van der Waals surface area contributed by atoms with Gasteiger partial charge in [0.25, 0.3) is 5.91 Å². The summed E-state index contributed by atoms with van der Waals surface area (Å²) in [6, 6.07) is 5.57. The summed E-state index contributed by atoms with van der Waals surface area (Å²) >= 11 is 0. The molecule has 1 aliphatic carbocycles. The van der Waals surface area contributed by atoms with Gasteiger partial charge in [-0.1, -0.05) is 13.0 Å². The number of carbonyl (C=O) groups excluding carboxylic acids is 2. The highest BCUT2D eigenvalue weighted by Crippen LogP contribution is 2.40. The van der Waals surface area contributed by atoms with Crippen LogP contribution in [0.2, 0.25) is 0 Å². The van der Waals surface area contributed by atoms with Crippen molar-refractivity contribution in [1.29, 1.82) is 0 Å². The molecule has 3 aliphatic rings. The summed E-state index contributed by atoms with van der Waals surface area (Å²) in [6.45, 7) is 4.52. The molecule has 6 nitrogen and oxygen atoms in total. The van der Waals surface area contributed by atoms with Gasteiger partial charge >= 0.3 is 0 Å². The lowest BCUT2D eigenvalue weighted by Gasteiger charge is -2.34. The van der Waals surface area contributed by atoms with Crippen molar-refractivity contribution >= 4 is 17.3 Å². The highest BCUT2D eigenvalue weighted by Gasteiger charge is 2.39. The van der Waals surface area contributed by atoms with Crippen molar-refractivity contribution in [2.24, 2.45) is 5.92 Å². The minimum atomic E-state index is -0.328. The Morgan fingerprint density at radius 2 is 1.82 bits per heavy atom. The zero-order valence-corrected chi connectivity index (χ0v) is 16.5. The molecule has 0 spiro atoms. The van der Waals surface area contributed by atoms with E-state index in [2.05, 4.69) is 11.3 Å². The van der Waals surface area contributed by atoms with Gasteiger partial charge < -0.3 is 14.2 Å². The summed E-state index contributed by atoms with van der Waals surface area (Å²) in [4.78, 5) is 35.1. The van der Waals surface area contributed by atoms with Crippen LogP contribution in [0.4, 0.5) is 0 Å². The van der Waals surface area contributed by atoms with Crippen LogP contribution in [-0.4, -0.2) is 56.7 Å². The first-order chi connectivity index (χ1) is 13.6. The fourth-order valence-corrected chi connectivity index (χ4v) is 4.69. The number of fused-ring (bicyclic) bond motifs is 1. The molecule has 0 radical (unpaired) electrons. The molecule has 1 unspecified atom stereocenters. The van der Waals surface area contributed by atoms with Gasteiger partial charge in [-0.05, 0) is 56.6 Å². The molecule has 2 saturated heterocycles. The molecular formula is C22H28N4O2. The van der Waals surface area contributed by atoms with Gasteiger partial charge in [0.05, 0.1) is 5.52 Å². The molecular weight excluding hydrogens is 352 g/mol. The Morgan fingerprint density at radius 3 is 2.57 bits per heavy atom. The van der Waals surface area contributed by atoms with Crippen molar-refractivity contribution in [3.8, 4) is 0 Å².